The molecule has 1 heterocycles. The maximum absolute atomic E-state index is 5.14. The van der Waals surface area contributed by atoms with E-state index in [1.807, 2.05) is 11.3 Å². The van der Waals surface area contributed by atoms with E-state index in [1.165, 1.54) is 10.4 Å². The van der Waals surface area contributed by atoms with Gasteiger partial charge in [0.05, 0.1) is 6.61 Å². The largest absolute Gasteiger partial charge is 0.383 e. The van der Waals surface area contributed by atoms with Gasteiger partial charge in [0.2, 0.25) is 0 Å². The Balaban J connectivity index is 2.20. The minimum atomic E-state index is 0.574. The second-order valence-corrected chi connectivity index (χ2v) is 5.83. The topological polar surface area (TPSA) is 24.5 Å². The van der Waals surface area contributed by atoms with Crippen LogP contribution < -0.4 is 5.32 Å². The number of methoxy groups -OCH3 is 1. The lowest BCUT2D eigenvalue weighted by molar-refractivity contribution is 0.130. The third kappa shape index (κ3) is 5.48. The Labute approximate surface area is 115 Å². The molecule has 1 aromatic rings. The van der Waals surface area contributed by atoms with Crippen molar-refractivity contribution < 1.29 is 4.74 Å². The molecule has 0 aliphatic rings. The Morgan fingerprint density at radius 2 is 2.17 bits per heavy atom. The molecule has 0 saturated carbocycles. The summed E-state index contributed by atoms with van der Waals surface area (Å²) in [6.07, 6.45) is 0. The SMILES string of the molecule is COCCN(CCNCc1sccc1C)C(C)C. The van der Waals surface area contributed by atoms with E-state index in [2.05, 4.69) is 42.4 Å². The molecular formula is C14H26N2OS. The molecule has 3 nitrogen and oxygen atoms in total. The van der Waals surface area contributed by atoms with Gasteiger partial charge < -0.3 is 10.1 Å². The monoisotopic (exact) mass is 270 g/mol. The standard InChI is InChI=1S/C14H26N2OS/c1-12(2)16(8-9-17-4)7-6-15-11-14-13(3)5-10-18-14/h5,10,12,15H,6-9,11H2,1-4H3. The summed E-state index contributed by atoms with van der Waals surface area (Å²) in [5.41, 5.74) is 1.40. The first-order valence-corrected chi connectivity index (χ1v) is 7.49. The highest BCUT2D eigenvalue weighted by atomic mass is 32.1. The molecule has 0 saturated heterocycles. The van der Waals surface area contributed by atoms with Crippen molar-refractivity contribution in [3.8, 4) is 0 Å². The molecule has 1 N–H and O–H groups in total. The summed E-state index contributed by atoms with van der Waals surface area (Å²) in [6, 6.07) is 2.76. The summed E-state index contributed by atoms with van der Waals surface area (Å²) >= 11 is 1.83. The molecule has 1 rings (SSSR count). The summed E-state index contributed by atoms with van der Waals surface area (Å²) in [5, 5.41) is 5.68. The molecule has 0 aromatic carbocycles. The zero-order valence-electron chi connectivity index (χ0n) is 12.0. The summed E-state index contributed by atoms with van der Waals surface area (Å²) in [4.78, 5) is 3.89. The minimum Gasteiger partial charge on any atom is -0.383 e. The van der Waals surface area contributed by atoms with Crippen LogP contribution in [-0.4, -0.2) is 44.3 Å². The van der Waals surface area contributed by atoms with Crippen molar-refractivity contribution in [1.29, 1.82) is 0 Å². The highest BCUT2D eigenvalue weighted by molar-refractivity contribution is 7.10. The minimum absolute atomic E-state index is 0.574. The number of nitrogens with zero attached hydrogens (tertiary/aromatic N) is 1. The molecule has 4 heteroatoms. The van der Waals surface area contributed by atoms with Crippen molar-refractivity contribution in [3.63, 3.8) is 0 Å². The molecule has 0 fully saturated rings. The van der Waals surface area contributed by atoms with E-state index >= 15 is 0 Å². The van der Waals surface area contributed by atoms with E-state index < -0.39 is 0 Å². The number of hydrogen-bond acceptors (Lipinski definition) is 4. The Morgan fingerprint density at radius 3 is 2.72 bits per heavy atom. The van der Waals surface area contributed by atoms with Crippen LogP contribution >= 0.6 is 11.3 Å². The van der Waals surface area contributed by atoms with Gasteiger partial charge in [0.25, 0.3) is 0 Å². The van der Waals surface area contributed by atoms with Crippen molar-refractivity contribution in [2.24, 2.45) is 0 Å². The van der Waals surface area contributed by atoms with Crippen LogP contribution in [-0.2, 0) is 11.3 Å². The van der Waals surface area contributed by atoms with Gasteiger partial charge in [-0.05, 0) is 37.8 Å². The summed E-state index contributed by atoms with van der Waals surface area (Å²) < 4.78 is 5.14. The van der Waals surface area contributed by atoms with Gasteiger partial charge in [-0.2, -0.15) is 0 Å². The quantitative estimate of drug-likeness (QED) is 0.698. The van der Waals surface area contributed by atoms with Crippen molar-refractivity contribution >= 4 is 11.3 Å². The van der Waals surface area contributed by atoms with E-state index in [0.29, 0.717) is 6.04 Å². The molecular weight excluding hydrogens is 244 g/mol. The molecule has 0 aliphatic carbocycles. The zero-order chi connectivity index (χ0) is 13.4. The van der Waals surface area contributed by atoms with E-state index in [4.69, 9.17) is 4.74 Å². The highest BCUT2D eigenvalue weighted by Crippen LogP contribution is 2.14. The Morgan fingerprint density at radius 1 is 1.39 bits per heavy atom. The van der Waals surface area contributed by atoms with Crippen LogP contribution in [0.5, 0.6) is 0 Å². The maximum Gasteiger partial charge on any atom is 0.0589 e. The Bertz CT molecular complexity index is 325. The molecule has 1 aromatic heterocycles. The second kappa shape index (κ2) is 8.64. The number of nitrogens with one attached hydrogen (secondary N) is 1. The number of rotatable bonds is 9. The van der Waals surface area contributed by atoms with Gasteiger partial charge >= 0.3 is 0 Å². The van der Waals surface area contributed by atoms with Gasteiger partial charge in [-0.3, -0.25) is 4.90 Å². The third-order valence-corrected chi connectivity index (χ3v) is 4.17. The van der Waals surface area contributed by atoms with Crippen molar-refractivity contribution in [1.82, 2.24) is 10.2 Å². The lowest BCUT2D eigenvalue weighted by Gasteiger charge is -2.26. The van der Waals surface area contributed by atoms with Gasteiger partial charge in [-0.25, -0.2) is 0 Å². The summed E-state index contributed by atoms with van der Waals surface area (Å²) in [6.45, 7) is 11.5. The predicted octanol–water partition coefficient (Wildman–Crippen LogP) is 2.50. The van der Waals surface area contributed by atoms with E-state index in [0.717, 1.165) is 32.8 Å². The van der Waals surface area contributed by atoms with Crippen LogP contribution in [0.3, 0.4) is 0 Å². The van der Waals surface area contributed by atoms with Gasteiger partial charge in [-0.1, -0.05) is 0 Å². The first-order valence-electron chi connectivity index (χ1n) is 6.61. The second-order valence-electron chi connectivity index (χ2n) is 4.83. The molecule has 18 heavy (non-hydrogen) atoms. The zero-order valence-corrected chi connectivity index (χ0v) is 12.8. The molecule has 0 amide bonds. The molecule has 104 valence electrons. The fraction of sp³-hybridized carbons (Fsp3) is 0.714. The summed E-state index contributed by atoms with van der Waals surface area (Å²) in [5.74, 6) is 0. The lowest BCUT2D eigenvalue weighted by Crippen LogP contribution is -2.38. The number of aryl methyl sites for hydroxylation is 1. The Hall–Kier alpha value is -0.420. The molecule has 0 radical (unpaired) electrons. The smallest absolute Gasteiger partial charge is 0.0589 e. The number of ether oxygens (including phenoxy) is 1. The lowest BCUT2D eigenvalue weighted by atomic mass is 10.3. The normalized spacial score (nSPS) is 11.7. The Kier molecular flexibility index (Phi) is 7.51. The molecule has 0 atom stereocenters. The average Bonchev–Trinajstić information content (AvgIpc) is 2.73. The van der Waals surface area contributed by atoms with Gasteiger partial charge in [0.15, 0.2) is 0 Å². The van der Waals surface area contributed by atoms with E-state index in [9.17, 15) is 0 Å². The number of hydrogen-bond donors (Lipinski definition) is 1. The fourth-order valence-electron chi connectivity index (χ4n) is 1.85. The fourth-order valence-corrected chi connectivity index (χ4v) is 2.72. The van der Waals surface area contributed by atoms with Crippen LogP contribution in [0, 0.1) is 6.92 Å². The van der Waals surface area contributed by atoms with Crippen LogP contribution in [0.4, 0.5) is 0 Å². The van der Waals surface area contributed by atoms with Gasteiger partial charge in [0, 0.05) is 44.2 Å². The highest BCUT2D eigenvalue weighted by Gasteiger charge is 2.08. The van der Waals surface area contributed by atoms with Crippen LogP contribution in [0.2, 0.25) is 0 Å². The van der Waals surface area contributed by atoms with Crippen LogP contribution in [0.25, 0.3) is 0 Å². The summed E-state index contributed by atoms with van der Waals surface area (Å²) in [7, 11) is 1.76. The number of thiophene rings is 1. The van der Waals surface area contributed by atoms with Crippen molar-refractivity contribution in [2.75, 3.05) is 33.4 Å². The maximum atomic E-state index is 5.14. The first-order chi connectivity index (χ1) is 8.65. The molecule has 0 bridgehead atoms. The van der Waals surface area contributed by atoms with Crippen molar-refractivity contribution in [3.05, 3.63) is 21.9 Å². The van der Waals surface area contributed by atoms with Gasteiger partial charge in [-0.15, -0.1) is 11.3 Å². The van der Waals surface area contributed by atoms with Crippen LogP contribution in [0.1, 0.15) is 24.3 Å². The van der Waals surface area contributed by atoms with Gasteiger partial charge in [0.1, 0.15) is 0 Å². The predicted molar refractivity (Wildman–Crippen MR) is 79.3 cm³/mol. The van der Waals surface area contributed by atoms with E-state index in [-0.39, 0.29) is 0 Å². The molecule has 0 spiro atoms. The van der Waals surface area contributed by atoms with E-state index in [1.54, 1.807) is 7.11 Å². The molecule has 0 aliphatic heterocycles. The average molecular weight is 270 g/mol. The third-order valence-electron chi connectivity index (χ3n) is 3.14. The first kappa shape index (κ1) is 15.6. The van der Waals surface area contributed by atoms with Crippen molar-refractivity contribution in [2.45, 2.75) is 33.4 Å². The molecule has 0 unspecified atom stereocenters. The van der Waals surface area contributed by atoms with Crippen LogP contribution in [0.15, 0.2) is 11.4 Å².